The molecule has 2 aromatic heterocycles. The van der Waals surface area contributed by atoms with Gasteiger partial charge in [0.2, 0.25) is 0 Å². The molecular weight excluding hydrogens is 516 g/mol. The smallest absolute Gasteiger partial charge is 0.136 e. The number of hydrogen-bond donors (Lipinski definition) is 0. The molecule has 0 saturated carbocycles. The number of benzene rings is 6. The molecule has 0 aliphatic rings. The van der Waals surface area contributed by atoms with Gasteiger partial charge in [-0.1, -0.05) is 84.9 Å². The number of nitriles is 2. The van der Waals surface area contributed by atoms with E-state index < -0.39 is 0 Å². The van der Waals surface area contributed by atoms with E-state index in [0.29, 0.717) is 22.3 Å². The second kappa shape index (κ2) is 9.24. The van der Waals surface area contributed by atoms with Gasteiger partial charge in [0.1, 0.15) is 34.5 Å². The maximum Gasteiger partial charge on any atom is 0.136 e. The SMILES string of the molecule is N#Cc1c(-c2ccccc2)cc(-c2ccc3oc4ccccc4c3c2)c(C#N)c1-c1cccc2oc3ccccc3c12. The standard InChI is InChI=1S/C38H20N2O2/c39-21-31-28(23-9-2-1-3-10-23)20-29(24-17-18-35-30(19-24)25-11-4-6-14-33(25)41-35)32(22-40)37(31)27-13-8-16-36-38(27)26-12-5-7-15-34(26)42-36/h1-20H. The van der Waals surface area contributed by atoms with Crippen LogP contribution in [0.15, 0.2) is 130 Å². The Morgan fingerprint density at radius 1 is 0.429 bits per heavy atom. The molecule has 8 aromatic rings. The second-order valence-electron chi connectivity index (χ2n) is 10.3. The van der Waals surface area contributed by atoms with Gasteiger partial charge in [-0.15, -0.1) is 0 Å². The Morgan fingerprint density at radius 3 is 1.79 bits per heavy atom. The molecule has 6 aromatic carbocycles. The zero-order chi connectivity index (χ0) is 28.2. The Morgan fingerprint density at radius 2 is 1.02 bits per heavy atom. The molecule has 42 heavy (non-hydrogen) atoms. The van der Waals surface area contributed by atoms with Crippen LogP contribution in [-0.2, 0) is 0 Å². The predicted molar refractivity (Wildman–Crippen MR) is 167 cm³/mol. The van der Waals surface area contributed by atoms with Gasteiger partial charge in [0.25, 0.3) is 0 Å². The van der Waals surface area contributed by atoms with E-state index in [-0.39, 0.29) is 0 Å². The fraction of sp³-hybridized carbons (Fsp3) is 0. The normalized spacial score (nSPS) is 11.3. The summed E-state index contributed by atoms with van der Waals surface area (Å²) in [5.74, 6) is 0. The lowest BCUT2D eigenvalue weighted by Crippen LogP contribution is -1.98. The van der Waals surface area contributed by atoms with Crippen LogP contribution in [0.4, 0.5) is 0 Å². The average molecular weight is 537 g/mol. The summed E-state index contributed by atoms with van der Waals surface area (Å²) in [6.07, 6.45) is 0. The van der Waals surface area contributed by atoms with Crippen LogP contribution >= 0.6 is 0 Å². The minimum Gasteiger partial charge on any atom is -0.456 e. The molecular formula is C38H20N2O2. The maximum atomic E-state index is 10.8. The first-order chi connectivity index (χ1) is 20.7. The molecule has 194 valence electrons. The van der Waals surface area contributed by atoms with Gasteiger partial charge >= 0.3 is 0 Å². The van der Waals surface area contributed by atoms with Gasteiger partial charge in [-0.2, -0.15) is 10.5 Å². The van der Waals surface area contributed by atoms with Crippen LogP contribution in [0.5, 0.6) is 0 Å². The van der Waals surface area contributed by atoms with E-state index in [1.807, 2.05) is 115 Å². The Bertz CT molecular complexity index is 2430. The van der Waals surface area contributed by atoms with Crippen molar-refractivity contribution in [2.24, 2.45) is 0 Å². The van der Waals surface area contributed by atoms with Crippen molar-refractivity contribution in [2.45, 2.75) is 0 Å². The van der Waals surface area contributed by atoms with Crippen molar-refractivity contribution in [3.63, 3.8) is 0 Å². The Labute approximate surface area is 240 Å². The van der Waals surface area contributed by atoms with Crippen molar-refractivity contribution >= 4 is 43.9 Å². The van der Waals surface area contributed by atoms with Crippen molar-refractivity contribution in [3.05, 3.63) is 132 Å². The zero-order valence-electron chi connectivity index (χ0n) is 22.3. The zero-order valence-corrected chi connectivity index (χ0v) is 22.3. The number of nitrogens with zero attached hydrogens (tertiary/aromatic N) is 2. The third-order valence-electron chi connectivity index (χ3n) is 8.00. The highest BCUT2D eigenvalue weighted by Crippen LogP contribution is 2.45. The summed E-state index contributed by atoms with van der Waals surface area (Å²) in [6, 6.07) is 44.5. The molecule has 0 amide bonds. The van der Waals surface area contributed by atoms with Crippen LogP contribution in [-0.4, -0.2) is 0 Å². The molecule has 0 aliphatic heterocycles. The van der Waals surface area contributed by atoms with Gasteiger partial charge in [0.15, 0.2) is 0 Å². The van der Waals surface area contributed by atoms with Crippen LogP contribution in [0.1, 0.15) is 11.1 Å². The summed E-state index contributed by atoms with van der Waals surface area (Å²) < 4.78 is 12.3. The highest BCUT2D eigenvalue weighted by atomic mass is 16.3. The van der Waals surface area contributed by atoms with Crippen molar-refractivity contribution in [3.8, 4) is 45.5 Å². The predicted octanol–water partition coefficient (Wildman–Crippen LogP) is 10.2. The fourth-order valence-corrected chi connectivity index (χ4v) is 6.13. The lowest BCUT2D eigenvalue weighted by atomic mass is 9.83. The van der Waals surface area contributed by atoms with E-state index >= 15 is 0 Å². The summed E-state index contributed by atoms with van der Waals surface area (Å²) in [5, 5.41) is 25.3. The molecule has 0 fully saturated rings. The summed E-state index contributed by atoms with van der Waals surface area (Å²) >= 11 is 0. The minimum atomic E-state index is 0.441. The molecule has 2 heterocycles. The van der Waals surface area contributed by atoms with E-state index in [1.165, 1.54) is 0 Å². The highest BCUT2D eigenvalue weighted by Gasteiger charge is 2.24. The lowest BCUT2D eigenvalue weighted by Gasteiger charge is -2.17. The molecule has 0 spiro atoms. The van der Waals surface area contributed by atoms with Crippen LogP contribution in [0, 0.1) is 22.7 Å². The minimum absolute atomic E-state index is 0.441. The number of rotatable bonds is 3. The Balaban J connectivity index is 1.52. The van der Waals surface area contributed by atoms with Crippen LogP contribution < -0.4 is 0 Å². The first-order valence-corrected chi connectivity index (χ1v) is 13.6. The van der Waals surface area contributed by atoms with Crippen molar-refractivity contribution in [2.75, 3.05) is 0 Å². The van der Waals surface area contributed by atoms with Gasteiger partial charge in [-0.3, -0.25) is 0 Å². The van der Waals surface area contributed by atoms with Crippen LogP contribution in [0.2, 0.25) is 0 Å². The molecule has 0 bridgehead atoms. The van der Waals surface area contributed by atoms with Gasteiger partial charge < -0.3 is 8.83 Å². The molecule has 0 atom stereocenters. The second-order valence-corrected chi connectivity index (χ2v) is 10.3. The molecule has 4 nitrogen and oxygen atoms in total. The van der Waals surface area contributed by atoms with E-state index in [9.17, 15) is 10.5 Å². The van der Waals surface area contributed by atoms with Gasteiger partial charge in [0.05, 0.1) is 11.1 Å². The molecule has 0 aliphatic carbocycles. The van der Waals surface area contributed by atoms with E-state index in [1.54, 1.807) is 0 Å². The molecule has 0 N–H and O–H groups in total. The first kappa shape index (κ1) is 23.8. The quantitative estimate of drug-likeness (QED) is 0.225. The van der Waals surface area contributed by atoms with Crippen molar-refractivity contribution in [1.29, 1.82) is 10.5 Å². The molecule has 0 radical (unpaired) electrons. The van der Waals surface area contributed by atoms with Crippen LogP contribution in [0.25, 0.3) is 77.3 Å². The van der Waals surface area contributed by atoms with Gasteiger partial charge in [-0.25, -0.2) is 0 Å². The summed E-state index contributed by atoms with van der Waals surface area (Å²) in [5.41, 5.74) is 8.65. The van der Waals surface area contributed by atoms with E-state index in [4.69, 9.17) is 8.83 Å². The maximum absolute atomic E-state index is 10.8. The molecule has 4 heteroatoms. The molecule has 0 saturated heterocycles. The lowest BCUT2D eigenvalue weighted by molar-refractivity contribution is 0.668. The van der Waals surface area contributed by atoms with Gasteiger partial charge in [-0.05, 0) is 53.1 Å². The Hall–Kier alpha value is -6.10. The molecule has 0 unspecified atom stereocenters. The Kier molecular flexibility index (Phi) is 5.22. The number of para-hydroxylation sites is 2. The van der Waals surface area contributed by atoms with E-state index in [0.717, 1.165) is 66.1 Å². The monoisotopic (exact) mass is 536 g/mol. The summed E-state index contributed by atoms with van der Waals surface area (Å²) in [6.45, 7) is 0. The highest BCUT2D eigenvalue weighted by molar-refractivity contribution is 6.14. The topological polar surface area (TPSA) is 73.9 Å². The number of fused-ring (bicyclic) bond motifs is 6. The first-order valence-electron chi connectivity index (χ1n) is 13.6. The average Bonchev–Trinajstić information content (AvgIpc) is 3.62. The van der Waals surface area contributed by atoms with Crippen molar-refractivity contribution < 1.29 is 8.83 Å². The largest absolute Gasteiger partial charge is 0.456 e. The van der Waals surface area contributed by atoms with Gasteiger partial charge in [0, 0.05) is 38.2 Å². The number of hydrogen-bond acceptors (Lipinski definition) is 4. The van der Waals surface area contributed by atoms with Crippen LogP contribution in [0.3, 0.4) is 0 Å². The number of furan rings is 2. The van der Waals surface area contributed by atoms with Crippen molar-refractivity contribution in [1.82, 2.24) is 0 Å². The van der Waals surface area contributed by atoms with E-state index in [2.05, 4.69) is 18.2 Å². The third-order valence-corrected chi connectivity index (χ3v) is 8.00. The summed E-state index contributed by atoms with van der Waals surface area (Å²) in [4.78, 5) is 0. The summed E-state index contributed by atoms with van der Waals surface area (Å²) in [7, 11) is 0. The third kappa shape index (κ3) is 3.47. The fourth-order valence-electron chi connectivity index (χ4n) is 6.13. The molecule has 8 rings (SSSR count).